The van der Waals surface area contributed by atoms with Crippen LogP contribution in [-0.2, 0) is 6.18 Å². The maximum atomic E-state index is 13.9. The van der Waals surface area contributed by atoms with Gasteiger partial charge in [0.25, 0.3) is 0 Å². The van der Waals surface area contributed by atoms with Crippen LogP contribution in [0.3, 0.4) is 0 Å². The van der Waals surface area contributed by atoms with Crippen LogP contribution >= 0.6 is 0 Å². The Bertz CT molecular complexity index is 1010. The van der Waals surface area contributed by atoms with Crippen molar-refractivity contribution in [1.82, 2.24) is 9.97 Å². The number of nitrogens with one attached hydrogen (secondary N) is 2. The van der Waals surface area contributed by atoms with Crippen molar-refractivity contribution in [1.29, 1.82) is 0 Å². The van der Waals surface area contributed by atoms with E-state index in [-0.39, 0.29) is 11.6 Å². The van der Waals surface area contributed by atoms with E-state index in [9.17, 15) is 17.6 Å². The number of alkyl halides is 3. The Hall–Kier alpha value is -3.16. The Morgan fingerprint density at radius 1 is 0.900 bits per heavy atom. The predicted molar refractivity (Wildman–Crippen MR) is 108 cm³/mol. The molecule has 0 unspecified atom stereocenters. The second-order valence-corrected chi connectivity index (χ2v) is 7.29. The minimum atomic E-state index is -4.69. The smallest absolute Gasteiger partial charge is 0.337 e. The highest BCUT2D eigenvalue weighted by Crippen LogP contribution is 2.36. The number of rotatable bonds is 5. The van der Waals surface area contributed by atoms with E-state index in [1.165, 1.54) is 49.4 Å². The maximum absolute atomic E-state index is 13.9. The number of anilines is 4. The van der Waals surface area contributed by atoms with Crippen LogP contribution < -0.4 is 10.6 Å². The average Bonchev–Trinajstić information content (AvgIpc) is 3.24. The van der Waals surface area contributed by atoms with Gasteiger partial charge in [0.05, 0.1) is 5.69 Å². The van der Waals surface area contributed by atoms with Crippen LogP contribution in [0.15, 0.2) is 54.7 Å². The number of nitrogens with zero attached hydrogens (tertiary/aromatic N) is 2. The lowest BCUT2D eigenvalue weighted by Gasteiger charge is -2.15. The molecule has 0 bridgehead atoms. The van der Waals surface area contributed by atoms with E-state index in [1.54, 1.807) is 0 Å². The molecule has 0 amide bonds. The molecule has 4 rings (SSSR count). The molecule has 0 aliphatic heterocycles. The summed E-state index contributed by atoms with van der Waals surface area (Å²) in [7, 11) is 0. The van der Waals surface area contributed by atoms with Crippen molar-refractivity contribution < 1.29 is 17.6 Å². The van der Waals surface area contributed by atoms with Crippen LogP contribution in [0.2, 0.25) is 0 Å². The monoisotopic (exact) mass is 416 g/mol. The van der Waals surface area contributed by atoms with Gasteiger partial charge in [-0.1, -0.05) is 37.1 Å². The van der Waals surface area contributed by atoms with Gasteiger partial charge in [-0.25, -0.2) is 9.37 Å². The molecule has 0 radical (unpaired) electrons. The minimum absolute atomic E-state index is 0.0181. The maximum Gasteiger partial charge on any atom is 0.421 e. The summed E-state index contributed by atoms with van der Waals surface area (Å²) in [6, 6.07) is 13.2. The van der Waals surface area contributed by atoms with Gasteiger partial charge in [-0.05, 0) is 48.6 Å². The topological polar surface area (TPSA) is 49.8 Å². The fraction of sp³-hybridized carbons (Fsp3) is 0.273. The third-order valence-corrected chi connectivity index (χ3v) is 5.21. The van der Waals surface area contributed by atoms with E-state index in [4.69, 9.17) is 0 Å². The van der Waals surface area contributed by atoms with Gasteiger partial charge in [0.1, 0.15) is 17.2 Å². The van der Waals surface area contributed by atoms with E-state index in [2.05, 4.69) is 20.6 Å². The first-order valence-corrected chi connectivity index (χ1v) is 9.73. The van der Waals surface area contributed by atoms with Crippen LogP contribution in [-0.4, -0.2) is 9.97 Å². The SMILES string of the molecule is Fc1ccccc1Nc1nc(Nc2ccc(C3CCCC3)cc2)ncc1C(F)(F)F. The molecule has 2 N–H and O–H groups in total. The molecule has 0 spiro atoms. The number of halogens is 4. The highest BCUT2D eigenvalue weighted by molar-refractivity contribution is 5.63. The Kier molecular flexibility index (Phi) is 5.57. The van der Waals surface area contributed by atoms with E-state index in [0.717, 1.165) is 6.07 Å². The molecule has 1 heterocycles. The van der Waals surface area contributed by atoms with Crippen LogP contribution in [0.5, 0.6) is 0 Å². The fourth-order valence-electron chi connectivity index (χ4n) is 3.66. The van der Waals surface area contributed by atoms with E-state index in [1.807, 2.05) is 24.3 Å². The number of hydrogen-bond donors (Lipinski definition) is 2. The van der Waals surface area contributed by atoms with Crippen LogP contribution in [0.25, 0.3) is 0 Å². The summed E-state index contributed by atoms with van der Waals surface area (Å²) in [5.74, 6) is -0.651. The second-order valence-electron chi connectivity index (χ2n) is 7.29. The summed E-state index contributed by atoms with van der Waals surface area (Å²) >= 11 is 0. The van der Waals surface area contributed by atoms with Gasteiger partial charge in [0, 0.05) is 11.9 Å². The molecular formula is C22H20F4N4. The summed E-state index contributed by atoms with van der Waals surface area (Å²) in [6.45, 7) is 0. The fourth-order valence-corrected chi connectivity index (χ4v) is 3.66. The number of hydrogen-bond acceptors (Lipinski definition) is 4. The lowest BCUT2D eigenvalue weighted by atomic mass is 9.98. The normalized spacial score (nSPS) is 14.7. The summed E-state index contributed by atoms with van der Waals surface area (Å²) in [6.07, 6.45) is 0.837. The Morgan fingerprint density at radius 2 is 1.60 bits per heavy atom. The largest absolute Gasteiger partial charge is 0.421 e. The van der Waals surface area contributed by atoms with Gasteiger partial charge >= 0.3 is 6.18 Å². The molecule has 30 heavy (non-hydrogen) atoms. The average molecular weight is 416 g/mol. The second kappa shape index (κ2) is 8.30. The minimum Gasteiger partial charge on any atom is -0.337 e. The Labute approximate surface area is 171 Å². The molecule has 2 aromatic carbocycles. The zero-order chi connectivity index (χ0) is 21.1. The lowest BCUT2D eigenvalue weighted by molar-refractivity contribution is -0.137. The molecule has 1 aromatic heterocycles. The van der Waals surface area contributed by atoms with E-state index in [0.29, 0.717) is 17.8 Å². The van der Waals surface area contributed by atoms with Gasteiger partial charge in [-0.2, -0.15) is 18.2 Å². The van der Waals surface area contributed by atoms with Crippen LogP contribution in [0, 0.1) is 5.82 Å². The van der Waals surface area contributed by atoms with Gasteiger partial charge in [0.15, 0.2) is 0 Å². The predicted octanol–water partition coefficient (Wildman–Crippen LogP) is 6.78. The number of aromatic nitrogens is 2. The van der Waals surface area contributed by atoms with Gasteiger partial charge in [0.2, 0.25) is 5.95 Å². The lowest BCUT2D eigenvalue weighted by Crippen LogP contribution is -2.13. The van der Waals surface area contributed by atoms with Crippen molar-refractivity contribution in [2.45, 2.75) is 37.8 Å². The van der Waals surface area contributed by atoms with Crippen molar-refractivity contribution >= 4 is 23.1 Å². The highest BCUT2D eigenvalue weighted by Gasteiger charge is 2.35. The molecule has 3 aromatic rings. The Balaban J connectivity index is 1.58. The van der Waals surface area contributed by atoms with Crippen LogP contribution in [0.4, 0.5) is 40.7 Å². The first-order valence-electron chi connectivity index (χ1n) is 9.73. The molecule has 1 aliphatic carbocycles. The zero-order valence-electron chi connectivity index (χ0n) is 16.0. The molecule has 0 atom stereocenters. The molecule has 8 heteroatoms. The van der Waals surface area contributed by atoms with Crippen LogP contribution in [0.1, 0.15) is 42.7 Å². The number of para-hydroxylation sites is 1. The van der Waals surface area contributed by atoms with Gasteiger partial charge in [-0.15, -0.1) is 0 Å². The molecular weight excluding hydrogens is 396 g/mol. The molecule has 4 nitrogen and oxygen atoms in total. The van der Waals surface area contributed by atoms with E-state index >= 15 is 0 Å². The molecule has 1 saturated carbocycles. The molecule has 0 saturated heterocycles. The highest BCUT2D eigenvalue weighted by atomic mass is 19.4. The summed E-state index contributed by atoms with van der Waals surface area (Å²) in [4.78, 5) is 7.74. The zero-order valence-corrected chi connectivity index (χ0v) is 16.0. The summed E-state index contributed by atoms with van der Waals surface area (Å²) in [5.41, 5.74) is 0.739. The van der Waals surface area contributed by atoms with Crippen molar-refractivity contribution in [3.8, 4) is 0 Å². The van der Waals surface area contributed by atoms with Crippen molar-refractivity contribution in [2.24, 2.45) is 0 Å². The van der Waals surface area contributed by atoms with Crippen molar-refractivity contribution in [3.63, 3.8) is 0 Å². The number of benzene rings is 2. The van der Waals surface area contributed by atoms with Crippen molar-refractivity contribution in [2.75, 3.05) is 10.6 Å². The van der Waals surface area contributed by atoms with Gasteiger partial charge in [-0.3, -0.25) is 0 Å². The molecule has 1 fully saturated rings. The Morgan fingerprint density at radius 3 is 2.27 bits per heavy atom. The third-order valence-electron chi connectivity index (χ3n) is 5.21. The van der Waals surface area contributed by atoms with Crippen molar-refractivity contribution in [3.05, 3.63) is 71.7 Å². The summed E-state index contributed by atoms with van der Waals surface area (Å²) in [5, 5.41) is 5.35. The summed E-state index contributed by atoms with van der Waals surface area (Å²) < 4.78 is 54.0. The van der Waals surface area contributed by atoms with E-state index < -0.39 is 23.4 Å². The first-order chi connectivity index (χ1) is 14.4. The first kappa shape index (κ1) is 20.1. The third kappa shape index (κ3) is 4.53. The van der Waals surface area contributed by atoms with Gasteiger partial charge < -0.3 is 10.6 Å². The molecule has 156 valence electrons. The standard InChI is InChI=1S/C22H20F4N4/c23-18-7-3-4-8-19(18)29-20-17(22(24,25)26)13-27-21(30-20)28-16-11-9-15(10-12-16)14-5-1-2-6-14/h3-4,7-14H,1-2,5-6H2,(H2,27,28,29,30). The quantitative estimate of drug-likeness (QED) is 0.450. The molecule has 1 aliphatic rings.